The van der Waals surface area contributed by atoms with Gasteiger partial charge in [-0.3, -0.25) is 9.88 Å². The lowest BCUT2D eigenvalue weighted by Gasteiger charge is -2.27. The topological polar surface area (TPSA) is 69.6 Å². The molecular formula is C20H19FNO3P. The molecule has 3 N–H and O–H groups in total. The van der Waals surface area contributed by atoms with Gasteiger partial charge in [0.2, 0.25) is 0 Å². The highest BCUT2D eigenvalue weighted by atomic mass is 31.2. The molecule has 0 saturated heterocycles. The molecule has 0 aromatic heterocycles. The summed E-state index contributed by atoms with van der Waals surface area (Å²) in [7, 11) is -4.54. The van der Waals surface area contributed by atoms with E-state index in [9.17, 15) is 18.7 Å². The maximum absolute atomic E-state index is 13.2. The molecule has 0 radical (unpaired) electrons. The average molecular weight is 371 g/mol. The highest BCUT2D eigenvalue weighted by Gasteiger charge is 2.33. The van der Waals surface area contributed by atoms with E-state index in [1.165, 1.54) is 24.3 Å². The Bertz CT molecular complexity index is 842. The third kappa shape index (κ3) is 4.45. The summed E-state index contributed by atoms with van der Waals surface area (Å²) >= 11 is 0. The molecule has 134 valence electrons. The molecule has 0 aliphatic rings. The van der Waals surface area contributed by atoms with Crippen LogP contribution >= 0.6 is 7.60 Å². The van der Waals surface area contributed by atoms with Crippen molar-refractivity contribution in [2.24, 2.45) is 0 Å². The first kappa shape index (κ1) is 18.5. The summed E-state index contributed by atoms with van der Waals surface area (Å²) < 4.78 is 25.4. The van der Waals surface area contributed by atoms with Crippen LogP contribution in [-0.2, 0) is 4.57 Å². The van der Waals surface area contributed by atoms with Crippen LogP contribution in [0.2, 0.25) is 0 Å². The fourth-order valence-corrected chi connectivity index (χ4v) is 3.77. The van der Waals surface area contributed by atoms with Crippen LogP contribution in [0.3, 0.4) is 0 Å². The Kier molecular flexibility index (Phi) is 5.64. The van der Waals surface area contributed by atoms with Crippen molar-refractivity contribution >= 4 is 7.60 Å². The quantitative estimate of drug-likeness (QED) is 0.563. The van der Waals surface area contributed by atoms with Gasteiger partial charge < -0.3 is 9.79 Å². The van der Waals surface area contributed by atoms with Crippen molar-refractivity contribution in [3.63, 3.8) is 0 Å². The number of halogens is 1. The second kappa shape index (κ2) is 7.94. The van der Waals surface area contributed by atoms with Gasteiger partial charge in [-0.2, -0.15) is 0 Å². The van der Waals surface area contributed by atoms with E-state index >= 15 is 0 Å². The molecule has 1 atom stereocenters. The minimum absolute atomic E-state index is 0.330. The van der Waals surface area contributed by atoms with Gasteiger partial charge in [-0.25, -0.2) is 4.39 Å². The van der Waals surface area contributed by atoms with Gasteiger partial charge >= 0.3 is 7.60 Å². The largest absolute Gasteiger partial charge is 0.346 e. The zero-order valence-corrected chi connectivity index (χ0v) is 14.8. The van der Waals surface area contributed by atoms with E-state index in [0.717, 1.165) is 11.1 Å². The molecule has 0 fully saturated rings. The summed E-state index contributed by atoms with van der Waals surface area (Å²) in [5.74, 6) is -1.71. The molecule has 3 aromatic rings. The molecule has 0 bridgehead atoms. The number of nitrogens with one attached hydrogen (secondary N) is 1. The van der Waals surface area contributed by atoms with E-state index in [1.807, 2.05) is 60.7 Å². The second-order valence-electron chi connectivity index (χ2n) is 5.96. The Morgan fingerprint density at radius 1 is 0.731 bits per heavy atom. The normalized spacial score (nSPS) is 12.9. The molecule has 0 aliphatic carbocycles. The zero-order chi connectivity index (χ0) is 18.6. The summed E-state index contributed by atoms with van der Waals surface area (Å²) in [5.41, 5.74) is 2.08. The Hall–Kier alpha value is -2.30. The molecule has 3 rings (SSSR count). The number of hydrogen-bond acceptors (Lipinski definition) is 2. The molecule has 0 aliphatic heterocycles. The van der Waals surface area contributed by atoms with Crippen LogP contribution in [0, 0.1) is 5.82 Å². The van der Waals surface area contributed by atoms with Gasteiger partial charge in [0.1, 0.15) is 11.6 Å². The minimum atomic E-state index is -4.54. The highest BCUT2D eigenvalue weighted by Crippen LogP contribution is 2.51. The lowest BCUT2D eigenvalue weighted by molar-refractivity contribution is 0.343. The third-order valence-corrected chi connectivity index (χ3v) is 5.23. The molecule has 0 saturated carbocycles. The van der Waals surface area contributed by atoms with Crippen LogP contribution in [0.1, 0.15) is 28.5 Å². The minimum Gasteiger partial charge on any atom is -0.323 e. The predicted molar refractivity (Wildman–Crippen MR) is 99.0 cm³/mol. The molecule has 0 unspecified atom stereocenters. The highest BCUT2D eigenvalue weighted by molar-refractivity contribution is 7.52. The summed E-state index contributed by atoms with van der Waals surface area (Å²) in [6.45, 7) is 0. The molecular weight excluding hydrogens is 352 g/mol. The first-order chi connectivity index (χ1) is 12.4. The van der Waals surface area contributed by atoms with E-state index in [0.29, 0.717) is 5.56 Å². The van der Waals surface area contributed by atoms with Crippen LogP contribution < -0.4 is 5.32 Å². The Morgan fingerprint density at radius 2 is 1.19 bits per heavy atom. The first-order valence-electron chi connectivity index (χ1n) is 8.12. The van der Waals surface area contributed by atoms with Crippen LogP contribution in [0.25, 0.3) is 0 Å². The molecule has 3 aromatic carbocycles. The van der Waals surface area contributed by atoms with Gasteiger partial charge in [0.15, 0.2) is 0 Å². The maximum Gasteiger partial charge on any atom is 0.346 e. The molecule has 0 amide bonds. The molecule has 0 spiro atoms. The monoisotopic (exact) mass is 371 g/mol. The van der Waals surface area contributed by atoms with Gasteiger partial charge in [-0.15, -0.1) is 0 Å². The van der Waals surface area contributed by atoms with E-state index in [1.54, 1.807) is 0 Å². The smallest absolute Gasteiger partial charge is 0.323 e. The van der Waals surface area contributed by atoms with Crippen LogP contribution in [0.5, 0.6) is 0 Å². The molecule has 0 heterocycles. The van der Waals surface area contributed by atoms with Gasteiger partial charge in [-0.1, -0.05) is 72.8 Å². The zero-order valence-electron chi connectivity index (χ0n) is 13.9. The van der Waals surface area contributed by atoms with Gasteiger partial charge in [-0.05, 0) is 28.8 Å². The van der Waals surface area contributed by atoms with Crippen molar-refractivity contribution in [2.45, 2.75) is 11.8 Å². The van der Waals surface area contributed by atoms with Crippen molar-refractivity contribution in [1.29, 1.82) is 0 Å². The van der Waals surface area contributed by atoms with E-state index < -0.39 is 25.2 Å². The molecule has 26 heavy (non-hydrogen) atoms. The van der Waals surface area contributed by atoms with Crippen molar-refractivity contribution < 1.29 is 18.7 Å². The van der Waals surface area contributed by atoms with Crippen molar-refractivity contribution in [2.75, 3.05) is 0 Å². The molecule has 6 heteroatoms. The standard InChI is InChI=1S/C20H19FNO3P/c21-18-13-11-17(12-14-18)20(26(23,24)25)22-19(15-7-3-1-4-8-15)16-9-5-2-6-10-16/h1-14,19-20,22H,(H2,23,24,25)/t20-/m1/s1. The number of hydrogen-bond donors (Lipinski definition) is 3. The first-order valence-corrected chi connectivity index (χ1v) is 9.80. The summed E-state index contributed by atoms with van der Waals surface area (Å²) in [5, 5.41) is 3.08. The van der Waals surface area contributed by atoms with E-state index in [2.05, 4.69) is 5.32 Å². The number of benzene rings is 3. The summed E-state index contributed by atoms with van der Waals surface area (Å²) in [6.07, 6.45) is 0. The molecule has 4 nitrogen and oxygen atoms in total. The van der Waals surface area contributed by atoms with Crippen LogP contribution in [0.15, 0.2) is 84.9 Å². The lowest BCUT2D eigenvalue weighted by atomic mass is 9.98. The maximum atomic E-state index is 13.2. The SMILES string of the molecule is O=P(O)(O)[C@@H](NC(c1ccccc1)c1ccccc1)c1ccc(F)cc1. The fraction of sp³-hybridized carbons (Fsp3) is 0.100. The van der Waals surface area contributed by atoms with Crippen molar-refractivity contribution in [3.05, 3.63) is 107 Å². The van der Waals surface area contributed by atoms with Gasteiger partial charge in [0.05, 0.1) is 6.04 Å². The van der Waals surface area contributed by atoms with Crippen LogP contribution in [0.4, 0.5) is 4.39 Å². The Morgan fingerprint density at radius 3 is 1.62 bits per heavy atom. The van der Waals surface area contributed by atoms with Gasteiger partial charge in [0, 0.05) is 0 Å². The van der Waals surface area contributed by atoms with Gasteiger partial charge in [0.25, 0.3) is 0 Å². The lowest BCUT2D eigenvalue weighted by Crippen LogP contribution is -2.27. The predicted octanol–water partition coefficient (Wildman–Crippen LogP) is 4.38. The van der Waals surface area contributed by atoms with E-state index in [4.69, 9.17) is 0 Å². The van der Waals surface area contributed by atoms with Crippen LogP contribution in [-0.4, -0.2) is 9.79 Å². The average Bonchev–Trinajstić information content (AvgIpc) is 2.64. The summed E-state index contributed by atoms with van der Waals surface area (Å²) in [6, 6.07) is 23.6. The Balaban J connectivity index is 2.02. The summed E-state index contributed by atoms with van der Waals surface area (Å²) in [4.78, 5) is 19.8. The second-order valence-corrected chi connectivity index (χ2v) is 7.66. The third-order valence-electron chi connectivity index (χ3n) is 4.11. The van der Waals surface area contributed by atoms with Crippen molar-refractivity contribution in [1.82, 2.24) is 5.32 Å². The number of rotatable bonds is 6. The Labute approximate surface area is 151 Å². The van der Waals surface area contributed by atoms with Crippen molar-refractivity contribution in [3.8, 4) is 0 Å². The van der Waals surface area contributed by atoms with E-state index in [-0.39, 0.29) is 0 Å². The fourth-order valence-electron chi connectivity index (χ4n) is 2.87.